The third-order valence-corrected chi connectivity index (χ3v) is 4.73. The average molecular weight is 353 g/mol. The molecule has 5 nitrogen and oxygen atoms in total. The summed E-state index contributed by atoms with van der Waals surface area (Å²) in [6, 6.07) is 14.0. The molecule has 26 heavy (non-hydrogen) atoms. The van der Waals surface area contributed by atoms with Crippen molar-refractivity contribution in [3.63, 3.8) is 0 Å². The van der Waals surface area contributed by atoms with Crippen LogP contribution in [0.3, 0.4) is 0 Å². The number of nitrogens with zero attached hydrogens (tertiary/aromatic N) is 1. The van der Waals surface area contributed by atoms with E-state index in [-0.39, 0.29) is 17.6 Å². The Morgan fingerprint density at radius 1 is 1.04 bits per heavy atom. The summed E-state index contributed by atoms with van der Waals surface area (Å²) >= 11 is 0. The van der Waals surface area contributed by atoms with Crippen LogP contribution in [-0.2, 0) is 4.74 Å². The molecule has 0 saturated carbocycles. The van der Waals surface area contributed by atoms with Crippen molar-refractivity contribution in [1.82, 2.24) is 4.90 Å². The Bertz CT molecular complexity index is 815. The lowest BCUT2D eigenvalue weighted by atomic mass is 9.94. The average Bonchev–Trinajstić information content (AvgIpc) is 2.67. The molecular weight excluding hydrogens is 330 g/mol. The van der Waals surface area contributed by atoms with E-state index in [4.69, 9.17) is 4.74 Å². The molecule has 0 aliphatic carbocycles. The fraction of sp³-hybridized carbons (Fsp3) is 0.333. The van der Waals surface area contributed by atoms with Crippen LogP contribution in [0.4, 0.5) is 0 Å². The van der Waals surface area contributed by atoms with Gasteiger partial charge in [0.15, 0.2) is 0 Å². The number of carboxylic acid groups (broad SMARTS) is 1. The number of rotatable bonds is 4. The molecule has 0 spiro atoms. The molecule has 1 heterocycles. The van der Waals surface area contributed by atoms with Crippen LogP contribution < -0.4 is 0 Å². The summed E-state index contributed by atoms with van der Waals surface area (Å²) in [5.74, 6) is -0.766. The highest BCUT2D eigenvalue weighted by molar-refractivity contribution is 6.04. The molecule has 0 aromatic heterocycles. The summed E-state index contributed by atoms with van der Waals surface area (Å²) in [6.07, 6.45) is 0.0196. The lowest BCUT2D eigenvalue weighted by Gasteiger charge is -2.35. The van der Waals surface area contributed by atoms with Crippen LogP contribution in [-0.4, -0.2) is 47.7 Å². The van der Waals surface area contributed by atoms with Crippen molar-refractivity contribution in [3.8, 4) is 11.1 Å². The van der Waals surface area contributed by atoms with E-state index in [0.717, 1.165) is 0 Å². The van der Waals surface area contributed by atoms with Crippen molar-refractivity contribution in [2.75, 3.05) is 19.7 Å². The number of carbonyl (C=O) groups is 2. The quantitative estimate of drug-likeness (QED) is 0.913. The maximum absolute atomic E-state index is 13.2. The molecular formula is C21H23NO4. The molecule has 1 amide bonds. The van der Waals surface area contributed by atoms with Crippen molar-refractivity contribution in [2.45, 2.75) is 20.0 Å². The molecule has 2 aromatic rings. The normalized spacial score (nSPS) is 17.3. The molecule has 1 aliphatic heterocycles. The Hall–Kier alpha value is -2.66. The number of aromatic carboxylic acids is 1. The molecule has 3 rings (SSSR count). The van der Waals surface area contributed by atoms with Gasteiger partial charge in [0.05, 0.1) is 18.3 Å². The zero-order chi connectivity index (χ0) is 18.7. The maximum atomic E-state index is 13.2. The summed E-state index contributed by atoms with van der Waals surface area (Å²) in [4.78, 5) is 26.6. The predicted octanol–water partition coefficient (Wildman–Crippen LogP) is 3.55. The monoisotopic (exact) mass is 353 g/mol. The number of morpholine rings is 1. The van der Waals surface area contributed by atoms with Gasteiger partial charge in [0.2, 0.25) is 0 Å². The number of hydrogen-bond donors (Lipinski definition) is 1. The second-order valence-electron chi connectivity index (χ2n) is 6.80. The highest BCUT2D eigenvalue weighted by atomic mass is 16.5. The zero-order valence-corrected chi connectivity index (χ0v) is 15.0. The summed E-state index contributed by atoms with van der Waals surface area (Å²) < 4.78 is 5.75. The van der Waals surface area contributed by atoms with Crippen molar-refractivity contribution in [1.29, 1.82) is 0 Å². The van der Waals surface area contributed by atoms with Gasteiger partial charge in [0, 0.05) is 18.7 Å². The van der Waals surface area contributed by atoms with Crippen LogP contribution in [0.25, 0.3) is 11.1 Å². The van der Waals surface area contributed by atoms with E-state index in [9.17, 15) is 14.7 Å². The third kappa shape index (κ3) is 3.63. The molecule has 136 valence electrons. The summed E-state index contributed by atoms with van der Waals surface area (Å²) in [5.41, 5.74) is 1.90. The van der Waals surface area contributed by atoms with Gasteiger partial charge in [-0.3, -0.25) is 4.79 Å². The topological polar surface area (TPSA) is 66.8 Å². The fourth-order valence-electron chi connectivity index (χ4n) is 3.24. The summed E-state index contributed by atoms with van der Waals surface area (Å²) in [5, 5.41) is 9.49. The number of ether oxygens (including phenoxy) is 1. The first-order valence-electron chi connectivity index (χ1n) is 8.81. The third-order valence-electron chi connectivity index (χ3n) is 4.73. The molecule has 0 radical (unpaired) electrons. The highest BCUT2D eigenvalue weighted by Gasteiger charge is 2.28. The van der Waals surface area contributed by atoms with E-state index in [1.165, 1.54) is 0 Å². The van der Waals surface area contributed by atoms with Crippen LogP contribution in [0.1, 0.15) is 34.6 Å². The Kier molecular flexibility index (Phi) is 5.38. The number of hydrogen-bond acceptors (Lipinski definition) is 3. The van der Waals surface area contributed by atoms with Gasteiger partial charge in [-0.2, -0.15) is 0 Å². The van der Waals surface area contributed by atoms with Crippen molar-refractivity contribution in [3.05, 3.63) is 59.7 Å². The van der Waals surface area contributed by atoms with Crippen LogP contribution >= 0.6 is 0 Å². The SMILES string of the molecule is CC(C)C1CN(C(=O)c2ccccc2-c2ccccc2C(=O)O)CCO1. The maximum Gasteiger partial charge on any atom is 0.336 e. The zero-order valence-electron chi connectivity index (χ0n) is 15.0. The van der Waals surface area contributed by atoms with Gasteiger partial charge < -0.3 is 14.7 Å². The molecule has 1 atom stereocenters. The van der Waals surface area contributed by atoms with Gasteiger partial charge in [0.25, 0.3) is 5.91 Å². The number of benzene rings is 2. The van der Waals surface area contributed by atoms with Crippen molar-refractivity contribution >= 4 is 11.9 Å². The Morgan fingerprint density at radius 2 is 1.62 bits per heavy atom. The van der Waals surface area contributed by atoms with Crippen molar-refractivity contribution < 1.29 is 19.4 Å². The molecule has 5 heteroatoms. The summed E-state index contributed by atoms with van der Waals surface area (Å²) in [6.45, 7) is 5.76. The highest BCUT2D eigenvalue weighted by Crippen LogP contribution is 2.29. The standard InChI is InChI=1S/C21H23NO4/c1-14(2)19-13-22(11-12-26-19)20(23)17-9-5-3-7-15(17)16-8-4-6-10-18(16)21(24)25/h3-10,14,19H,11-13H2,1-2H3,(H,24,25). The van der Waals surface area contributed by atoms with Gasteiger partial charge in [-0.15, -0.1) is 0 Å². The second kappa shape index (κ2) is 7.70. The Labute approximate surface area is 153 Å². The van der Waals surface area contributed by atoms with Crippen LogP contribution in [0.5, 0.6) is 0 Å². The molecule has 1 fully saturated rings. The Morgan fingerprint density at radius 3 is 2.23 bits per heavy atom. The van der Waals surface area contributed by atoms with E-state index >= 15 is 0 Å². The summed E-state index contributed by atoms with van der Waals surface area (Å²) in [7, 11) is 0. The van der Waals surface area contributed by atoms with E-state index in [2.05, 4.69) is 13.8 Å². The Balaban J connectivity index is 1.98. The first kappa shape index (κ1) is 18.1. The van der Waals surface area contributed by atoms with E-state index in [1.807, 2.05) is 6.07 Å². The van der Waals surface area contributed by atoms with E-state index < -0.39 is 5.97 Å². The van der Waals surface area contributed by atoms with Gasteiger partial charge >= 0.3 is 5.97 Å². The minimum atomic E-state index is -1.01. The van der Waals surface area contributed by atoms with Gasteiger partial charge in [-0.05, 0) is 29.2 Å². The molecule has 0 bridgehead atoms. The molecule has 1 saturated heterocycles. The molecule has 1 N–H and O–H groups in total. The number of carbonyl (C=O) groups excluding carboxylic acids is 1. The van der Waals surface area contributed by atoms with Gasteiger partial charge in [-0.25, -0.2) is 4.79 Å². The van der Waals surface area contributed by atoms with Crippen molar-refractivity contribution in [2.24, 2.45) is 5.92 Å². The molecule has 2 aromatic carbocycles. The number of carboxylic acids is 1. The van der Waals surface area contributed by atoms with E-state index in [0.29, 0.717) is 42.3 Å². The van der Waals surface area contributed by atoms with Gasteiger partial charge in [-0.1, -0.05) is 50.2 Å². The predicted molar refractivity (Wildman–Crippen MR) is 99.3 cm³/mol. The largest absolute Gasteiger partial charge is 0.478 e. The second-order valence-corrected chi connectivity index (χ2v) is 6.80. The van der Waals surface area contributed by atoms with E-state index in [1.54, 1.807) is 47.4 Å². The van der Waals surface area contributed by atoms with Crippen LogP contribution in [0.2, 0.25) is 0 Å². The minimum Gasteiger partial charge on any atom is -0.478 e. The van der Waals surface area contributed by atoms with Gasteiger partial charge in [0.1, 0.15) is 0 Å². The first-order valence-corrected chi connectivity index (χ1v) is 8.81. The van der Waals surface area contributed by atoms with Crippen LogP contribution in [0, 0.1) is 5.92 Å². The first-order chi connectivity index (χ1) is 12.5. The molecule has 1 aliphatic rings. The lowest BCUT2D eigenvalue weighted by molar-refractivity contribution is -0.0420. The van der Waals surface area contributed by atoms with Crippen LogP contribution in [0.15, 0.2) is 48.5 Å². The fourth-order valence-corrected chi connectivity index (χ4v) is 3.24. The smallest absolute Gasteiger partial charge is 0.336 e. The minimum absolute atomic E-state index is 0.0196. The lowest BCUT2D eigenvalue weighted by Crippen LogP contribution is -2.47. The molecule has 1 unspecified atom stereocenters. The number of amides is 1.